The third kappa shape index (κ3) is 4.65. The lowest BCUT2D eigenvalue weighted by Crippen LogP contribution is -2.39. The highest BCUT2D eigenvalue weighted by Gasteiger charge is 2.32. The fourth-order valence-corrected chi connectivity index (χ4v) is 4.39. The highest BCUT2D eigenvalue weighted by Crippen LogP contribution is 2.40. The molecule has 8 heteroatoms. The minimum atomic E-state index is -0.769. The molecule has 2 aromatic rings. The van der Waals surface area contributed by atoms with E-state index in [9.17, 15) is 18.4 Å². The monoisotopic (exact) mass is 458 g/mol. The fourth-order valence-electron chi connectivity index (χ4n) is 4.39. The second kappa shape index (κ2) is 8.65. The molecule has 0 unspecified atom stereocenters. The van der Waals surface area contributed by atoms with Crippen molar-refractivity contribution in [1.29, 1.82) is 0 Å². The molecular weight excluding hydrogens is 430 g/mol. The van der Waals surface area contributed by atoms with Crippen LogP contribution in [0.1, 0.15) is 47.8 Å². The summed E-state index contributed by atoms with van der Waals surface area (Å²) < 4.78 is 39.4. The number of ether oxygens (including phenoxy) is 2. The van der Waals surface area contributed by atoms with Crippen LogP contribution in [-0.4, -0.2) is 48.7 Å². The normalized spacial score (nSPS) is 15.8. The average molecular weight is 459 g/mol. The standard InChI is InChI=1S/C25H28F2N2O4/c1-15-18-8-10-28(24(31)33-25(2,3)4)9-7-16(18)13-21-22(15)29(11-12-32-21)23(30)19-14-17(26)5-6-20(19)27/h5-6,13-14H,7-12H2,1-4H3. The number of carbonyl (C=O) groups excluding carboxylic acids is 2. The second-order valence-electron chi connectivity index (χ2n) is 9.38. The van der Waals surface area contributed by atoms with Gasteiger partial charge in [-0.25, -0.2) is 13.6 Å². The largest absolute Gasteiger partial charge is 0.490 e. The third-order valence-electron chi connectivity index (χ3n) is 5.92. The van der Waals surface area contributed by atoms with Gasteiger partial charge >= 0.3 is 6.09 Å². The molecular formula is C25H28F2N2O4. The molecule has 2 heterocycles. The summed E-state index contributed by atoms with van der Waals surface area (Å²) >= 11 is 0. The Morgan fingerprint density at radius 1 is 1.06 bits per heavy atom. The number of fused-ring (bicyclic) bond motifs is 2. The summed E-state index contributed by atoms with van der Waals surface area (Å²) in [5.41, 5.74) is 2.60. The van der Waals surface area contributed by atoms with Crippen molar-refractivity contribution in [3.8, 4) is 5.75 Å². The van der Waals surface area contributed by atoms with Gasteiger partial charge < -0.3 is 19.3 Å². The highest BCUT2D eigenvalue weighted by atomic mass is 19.1. The van der Waals surface area contributed by atoms with E-state index in [4.69, 9.17) is 9.47 Å². The molecule has 2 aliphatic rings. The highest BCUT2D eigenvalue weighted by molar-refractivity contribution is 6.08. The lowest BCUT2D eigenvalue weighted by molar-refractivity contribution is 0.0258. The number of amides is 2. The minimum Gasteiger partial charge on any atom is -0.490 e. The van der Waals surface area contributed by atoms with Gasteiger partial charge in [-0.05, 0) is 81.5 Å². The number of halogens is 2. The van der Waals surface area contributed by atoms with E-state index in [1.54, 1.807) is 4.90 Å². The van der Waals surface area contributed by atoms with Crippen molar-refractivity contribution in [1.82, 2.24) is 4.90 Å². The van der Waals surface area contributed by atoms with Crippen LogP contribution in [-0.2, 0) is 17.6 Å². The summed E-state index contributed by atoms with van der Waals surface area (Å²) in [4.78, 5) is 28.9. The predicted molar refractivity (Wildman–Crippen MR) is 120 cm³/mol. The molecule has 0 aliphatic carbocycles. The summed E-state index contributed by atoms with van der Waals surface area (Å²) in [7, 11) is 0. The summed E-state index contributed by atoms with van der Waals surface area (Å²) in [5.74, 6) is -1.51. The van der Waals surface area contributed by atoms with Crippen molar-refractivity contribution >= 4 is 17.7 Å². The van der Waals surface area contributed by atoms with E-state index in [0.717, 1.165) is 34.9 Å². The predicted octanol–water partition coefficient (Wildman–Crippen LogP) is 4.65. The van der Waals surface area contributed by atoms with Crippen LogP contribution in [0.15, 0.2) is 24.3 Å². The quantitative estimate of drug-likeness (QED) is 0.624. The Kier molecular flexibility index (Phi) is 6.03. The molecule has 0 saturated heterocycles. The van der Waals surface area contributed by atoms with Crippen molar-refractivity contribution in [2.24, 2.45) is 0 Å². The van der Waals surface area contributed by atoms with Crippen LogP contribution in [0.2, 0.25) is 0 Å². The molecule has 0 aromatic heterocycles. The van der Waals surface area contributed by atoms with Gasteiger partial charge in [0.15, 0.2) is 0 Å². The van der Waals surface area contributed by atoms with Crippen LogP contribution < -0.4 is 9.64 Å². The molecule has 0 spiro atoms. The summed E-state index contributed by atoms with van der Waals surface area (Å²) in [6.07, 6.45) is 0.857. The van der Waals surface area contributed by atoms with Gasteiger partial charge in [0.1, 0.15) is 29.6 Å². The molecule has 4 rings (SSSR count). The molecule has 2 amide bonds. The number of hydrogen-bond acceptors (Lipinski definition) is 4. The molecule has 176 valence electrons. The zero-order valence-corrected chi connectivity index (χ0v) is 19.3. The van der Waals surface area contributed by atoms with Gasteiger partial charge in [0.25, 0.3) is 5.91 Å². The molecule has 0 fully saturated rings. The molecule has 0 radical (unpaired) electrons. The lowest BCUT2D eigenvalue weighted by Gasteiger charge is -2.33. The van der Waals surface area contributed by atoms with Crippen LogP contribution in [0.5, 0.6) is 5.75 Å². The van der Waals surface area contributed by atoms with Gasteiger partial charge in [-0.1, -0.05) is 0 Å². The second-order valence-corrected chi connectivity index (χ2v) is 9.38. The Morgan fingerprint density at radius 2 is 1.79 bits per heavy atom. The first-order valence-corrected chi connectivity index (χ1v) is 11.1. The molecule has 0 N–H and O–H groups in total. The Hall–Kier alpha value is -3.16. The SMILES string of the molecule is Cc1c2c(cc3c1N(C(=O)c1cc(F)ccc1F)CCO3)CCN(C(=O)OC(C)(C)C)CC2. The first-order valence-electron chi connectivity index (χ1n) is 11.1. The zero-order valence-electron chi connectivity index (χ0n) is 19.3. The lowest BCUT2D eigenvalue weighted by atomic mass is 9.94. The fraction of sp³-hybridized carbons (Fsp3) is 0.440. The van der Waals surface area contributed by atoms with Crippen molar-refractivity contribution in [2.75, 3.05) is 31.1 Å². The van der Waals surface area contributed by atoms with Crippen LogP contribution in [0.25, 0.3) is 0 Å². The van der Waals surface area contributed by atoms with Gasteiger partial charge in [0.2, 0.25) is 0 Å². The van der Waals surface area contributed by atoms with E-state index in [1.165, 1.54) is 4.90 Å². The number of benzene rings is 2. The van der Waals surface area contributed by atoms with Gasteiger partial charge in [-0.2, -0.15) is 0 Å². The maximum Gasteiger partial charge on any atom is 0.410 e. The average Bonchev–Trinajstić information content (AvgIpc) is 2.96. The van der Waals surface area contributed by atoms with E-state index in [0.29, 0.717) is 37.4 Å². The molecule has 0 atom stereocenters. The van der Waals surface area contributed by atoms with Crippen molar-refractivity contribution in [3.63, 3.8) is 0 Å². The van der Waals surface area contributed by atoms with Crippen molar-refractivity contribution in [3.05, 3.63) is 58.2 Å². The maximum atomic E-state index is 14.3. The summed E-state index contributed by atoms with van der Waals surface area (Å²) in [6, 6.07) is 4.77. The minimum absolute atomic E-state index is 0.228. The summed E-state index contributed by atoms with van der Waals surface area (Å²) in [5, 5.41) is 0. The van der Waals surface area contributed by atoms with Crippen LogP contribution in [0, 0.1) is 18.6 Å². The number of nitrogens with zero attached hydrogens (tertiary/aromatic N) is 2. The van der Waals surface area contributed by atoms with Crippen LogP contribution in [0.4, 0.5) is 19.3 Å². The molecule has 0 saturated carbocycles. The Bertz CT molecular complexity index is 1110. The van der Waals surface area contributed by atoms with E-state index in [2.05, 4.69) is 0 Å². The first kappa shape index (κ1) is 23.0. The maximum absolute atomic E-state index is 14.3. The van der Waals surface area contributed by atoms with Gasteiger partial charge in [0.05, 0.1) is 17.8 Å². The molecule has 2 aliphatic heterocycles. The zero-order chi connectivity index (χ0) is 23.9. The van der Waals surface area contributed by atoms with Gasteiger partial charge in [0, 0.05) is 13.1 Å². The van der Waals surface area contributed by atoms with Crippen LogP contribution in [0.3, 0.4) is 0 Å². The van der Waals surface area contributed by atoms with E-state index < -0.39 is 23.1 Å². The van der Waals surface area contributed by atoms with E-state index in [1.807, 2.05) is 33.8 Å². The van der Waals surface area contributed by atoms with E-state index in [-0.39, 0.29) is 24.8 Å². The Labute approximate surface area is 192 Å². The van der Waals surface area contributed by atoms with Gasteiger partial charge in [-0.15, -0.1) is 0 Å². The number of carbonyl (C=O) groups is 2. The Morgan fingerprint density at radius 3 is 2.52 bits per heavy atom. The third-order valence-corrected chi connectivity index (χ3v) is 5.92. The van der Waals surface area contributed by atoms with Crippen LogP contribution >= 0.6 is 0 Å². The summed E-state index contributed by atoms with van der Waals surface area (Å²) in [6.45, 7) is 8.87. The first-order chi connectivity index (χ1) is 15.5. The van der Waals surface area contributed by atoms with Crippen molar-refractivity contribution < 1.29 is 27.8 Å². The van der Waals surface area contributed by atoms with Gasteiger partial charge in [-0.3, -0.25) is 4.79 Å². The number of rotatable bonds is 1. The van der Waals surface area contributed by atoms with E-state index >= 15 is 0 Å². The molecule has 6 nitrogen and oxygen atoms in total. The Balaban J connectivity index is 1.66. The van der Waals surface area contributed by atoms with Crippen molar-refractivity contribution in [2.45, 2.75) is 46.1 Å². The molecule has 33 heavy (non-hydrogen) atoms. The number of hydrogen-bond donors (Lipinski definition) is 0. The molecule has 0 bridgehead atoms. The topological polar surface area (TPSA) is 59.1 Å². The smallest absolute Gasteiger partial charge is 0.410 e. The number of anilines is 1. The molecule has 2 aromatic carbocycles.